The average Bonchev–Trinajstić information content (AvgIpc) is 2.63. The molecule has 21 heavy (non-hydrogen) atoms. The zero-order valence-corrected chi connectivity index (χ0v) is 13.5. The Kier molecular flexibility index (Phi) is 6.29. The fourth-order valence-electron chi connectivity index (χ4n) is 2.11. The molecule has 0 saturated carbocycles. The molecule has 0 radical (unpaired) electrons. The van der Waals surface area contributed by atoms with Gasteiger partial charge in [0.2, 0.25) is 0 Å². The van der Waals surface area contributed by atoms with Crippen molar-refractivity contribution in [2.75, 3.05) is 13.1 Å². The van der Waals surface area contributed by atoms with Crippen molar-refractivity contribution in [3.8, 4) is 0 Å². The first-order valence-corrected chi connectivity index (χ1v) is 7.31. The molecule has 0 aliphatic carbocycles. The molecular formula is C14H26N4O3. The number of hydrogen-bond acceptors (Lipinski definition) is 5. The van der Waals surface area contributed by atoms with Crippen LogP contribution in [0.25, 0.3) is 0 Å². The quantitative estimate of drug-likeness (QED) is 0.562. The Hall–Kier alpha value is -1.47. The molecule has 1 heterocycles. The first-order chi connectivity index (χ1) is 9.73. The summed E-state index contributed by atoms with van der Waals surface area (Å²) in [5.41, 5.74) is 0.891. The summed E-state index contributed by atoms with van der Waals surface area (Å²) < 4.78 is 1.51. The van der Waals surface area contributed by atoms with Gasteiger partial charge in [0.25, 0.3) is 0 Å². The van der Waals surface area contributed by atoms with Gasteiger partial charge >= 0.3 is 5.69 Å². The molecule has 1 rings (SSSR count). The van der Waals surface area contributed by atoms with E-state index in [-0.39, 0.29) is 12.2 Å². The van der Waals surface area contributed by atoms with Gasteiger partial charge in [0.05, 0.1) is 17.6 Å². The van der Waals surface area contributed by atoms with E-state index >= 15 is 0 Å². The maximum Gasteiger partial charge on any atom is 0.312 e. The summed E-state index contributed by atoms with van der Waals surface area (Å²) in [5.74, 6) is 1.13. The lowest BCUT2D eigenvalue weighted by Crippen LogP contribution is -2.34. The minimum absolute atomic E-state index is 0.0311. The Morgan fingerprint density at radius 3 is 2.43 bits per heavy atom. The van der Waals surface area contributed by atoms with Crippen LogP contribution in [0.5, 0.6) is 0 Å². The first kappa shape index (κ1) is 17.6. The molecule has 7 nitrogen and oxygen atoms in total. The SMILES string of the molecule is Cc1nn(CC(O)CNCC(C)C(C)C)c(C)c1[N+](=O)[O-]. The average molecular weight is 298 g/mol. The van der Waals surface area contributed by atoms with E-state index < -0.39 is 11.0 Å². The third-order valence-corrected chi connectivity index (χ3v) is 3.89. The number of hydrogen-bond donors (Lipinski definition) is 2. The van der Waals surface area contributed by atoms with Gasteiger partial charge in [0, 0.05) is 6.54 Å². The van der Waals surface area contributed by atoms with Crippen LogP contribution in [0.3, 0.4) is 0 Å². The number of aliphatic hydroxyl groups is 1. The van der Waals surface area contributed by atoms with Crippen molar-refractivity contribution in [2.24, 2.45) is 11.8 Å². The van der Waals surface area contributed by atoms with Crippen molar-refractivity contribution in [3.63, 3.8) is 0 Å². The van der Waals surface area contributed by atoms with Gasteiger partial charge in [-0.05, 0) is 32.2 Å². The molecule has 7 heteroatoms. The Bertz CT molecular complexity index is 485. The number of rotatable bonds is 8. The maximum atomic E-state index is 10.9. The summed E-state index contributed by atoms with van der Waals surface area (Å²) in [6, 6.07) is 0. The molecule has 0 saturated heterocycles. The number of nitrogens with zero attached hydrogens (tertiary/aromatic N) is 3. The molecule has 2 unspecified atom stereocenters. The molecule has 0 fully saturated rings. The largest absolute Gasteiger partial charge is 0.390 e. The predicted octanol–water partition coefficient (Wildman–Crippen LogP) is 1.65. The smallest absolute Gasteiger partial charge is 0.312 e. The molecular weight excluding hydrogens is 272 g/mol. The molecule has 0 bridgehead atoms. The number of nitrogens with one attached hydrogen (secondary N) is 1. The Morgan fingerprint density at radius 2 is 1.95 bits per heavy atom. The second kappa shape index (κ2) is 7.51. The van der Waals surface area contributed by atoms with E-state index in [0.717, 1.165) is 6.54 Å². The zero-order chi connectivity index (χ0) is 16.2. The Labute approximate surface area is 125 Å². The summed E-state index contributed by atoms with van der Waals surface area (Å²) in [6.07, 6.45) is -0.623. The lowest BCUT2D eigenvalue weighted by Gasteiger charge is -2.18. The number of nitro groups is 1. The molecule has 0 aliphatic rings. The third-order valence-electron chi connectivity index (χ3n) is 3.89. The van der Waals surface area contributed by atoms with Crippen molar-refractivity contribution >= 4 is 5.69 Å². The molecule has 0 aromatic carbocycles. The summed E-state index contributed by atoms with van der Waals surface area (Å²) >= 11 is 0. The molecule has 2 atom stereocenters. The zero-order valence-electron chi connectivity index (χ0n) is 13.5. The summed E-state index contributed by atoms with van der Waals surface area (Å²) in [6.45, 7) is 11.3. The van der Waals surface area contributed by atoms with Crippen LogP contribution in [0.1, 0.15) is 32.2 Å². The van der Waals surface area contributed by atoms with E-state index in [1.807, 2.05) is 0 Å². The van der Waals surface area contributed by atoms with Gasteiger partial charge in [0.1, 0.15) is 11.4 Å². The van der Waals surface area contributed by atoms with Crippen molar-refractivity contribution in [1.29, 1.82) is 0 Å². The molecule has 1 aromatic rings. The highest BCUT2D eigenvalue weighted by Crippen LogP contribution is 2.21. The first-order valence-electron chi connectivity index (χ1n) is 7.31. The lowest BCUT2D eigenvalue weighted by atomic mass is 9.98. The predicted molar refractivity (Wildman–Crippen MR) is 81.2 cm³/mol. The van der Waals surface area contributed by atoms with Gasteiger partial charge in [-0.25, -0.2) is 0 Å². The van der Waals surface area contributed by atoms with Crippen LogP contribution in [0.15, 0.2) is 0 Å². The summed E-state index contributed by atoms with van der Waals surface area (Å²) in [7, 11) is 0. The summed E-state index contributed by atoms with van der Waals surface area (Å²) in [5, 5.41) is 28.3. The minimum Gasteiger partial charge on any atom is -0.390 e. The van der Waals surface area contributed by atoms with Gasteiger partial charge in [-0.2, -0.15) is 5.10 Å². The second-order valence-electron chi connectivity index (χ2n) is 5.99. The molecule has 0 aliphatic heterocycles. The molecule has 120 valence electrons. The van der Waals surface area contributed by atoms with Crippen molar-refractivity contribution in [3.05, 3.63) is 21.5 Å². The topological polar surface area (TPSA) is 93.2 Å². The van der Waals surface area contributed by atoms with Crippen LogP contribution in [0.2, 0.25) is 0 Å². The molecule has 0 spiro atoms. The van der Waals surface area contributed by atoms with Crippen molar-refractivity contribution in [1.82, 2.24) is 15.1 Å². The Morgan fingerprint density at radius 1 is 1.33 bits per heavy atom. The fraction of sp³-hybridized carbons (Fsp3) is 0.786. The normalized spacial score (nSPS) is 14.4. The van der Waals surface area contributed by atoms with E-state index in [4.69, 9.17) is 0 Å². The van der Waals surface area contributed by atoms with Crippen molar-refractivity contribution < 1.29 is 10.0 Å². The fourth-order valence-corrected chi connectivity index (χ4v) is 2.11. The second-order valence-corrected chi connectivity index (χ2v) is 5.99. The molecule has 2 N–H and O–H groups in total. The van der Waals surface area contributed by atoms with Gasteiger partial charge < -0.3 is 10.4 Å². The standard InChI is InChI=1S/C14H26N4O3/c1-9(2)10(3)6-15-7-13(19)8-17-12(5)14(18(20)21)11(4)16-17/h9-10,13,15,19H,6-8H2,1-5H3. The van der Waals surface area contributed by atoms with E-state index in [2.05, 4.69) is 31.2 Å². The van der Waals surface area contributed by atoms with Crippen LogP contribution in [-0.2, 0) is 6.54 Å². The molecule has 1 aromatic heterocycles. The van der Waals surface area contributed by atoms with E-state index in [1.54, 1.807) is 13.8 Å². The Balaban J connectivity index is 2.54. The van der Waals surface area contributed by atoms with Gasteiger partial charge in [-0.3, -0.25) is 14.8 Å². The van der Waals surface area contributed by atoms with Crippen molar-refractivity contribution in [2.45, 2.75) is 47.3 Å². The monoisotopic (exact) mass is 298 g/mol. The third kappa shape index (κ3) is 4.78. The van der Waals surface area contributed by atoms with Crippen LogP contribution in [0.4, 0.5) is 5.69 Å². The van der Waals surface area contributed by atoms with Crippen LogP contribution >= 0.6 is 0 Å². The number of aryl methyl sites for hydroxylation is 1. The van der Waals surface area contributed by atoms with Crippen LogP contribution in [0, 0.1) is 35.8 Å². The van der Waals surface area contributed by atoms with Crippen LogP contribution < -0.4 is 5.32 Å². The lowest BCUT2D eigenvalue weighted by molar-refractivity contribution is -0.386. The van der Waals surface area contributed by atoms with Gasteiger partial charge in [-0.1, -0.05) is 20.8 Å². The van der Waals surface area contributed by atoms with Gasteiger partial charge in [0.15, 0.2) is 0 Å². The number of aromatic nitrogens is 2. The van der Waals surface area contributed by atoms with Gasteiger partial charge in [-0.15, -0.1) is 0 Å². The highest BCUT2D eigenvalue weighted by atomic mass is 16.6. The van der Waals surface area contributed by atoms with E-state index in [9.17, 15) is 15.2 Å². The number of aliphatic hydroxyl groups excluding tert-OH is 1. The highest BCUT2D eigenvalue weighted by molar-refractivity contribution is 5.39. The molecule has 0 amide bonds. The minimum atomic E-state index is -0.623. The van der Waals surface area contributed by atoms with E-state index in [0.29, 0.717) is 29.8 Å². The highest BCUT2D eigenvalue weighted by Gasteiger charge is 2.22. The van der Waals surface area contributed by atoms with Crippen LogP contribution in [-0.4, -0.2) is 39.0 Å². The van der Waals surface area contributed by atoms with E-state index in [1.165, 1.54) is 4.68 Å². The summed E-state index contributed by atoms with van der Waals surface area (Å²) in [4.78, 5) is 10.5. The maximum absolute atomic E-state index is 10.9.